The second kappa shape index (κ2) is 8.21. The third kappa shape index (κ3) is 3.94. The molecule has 148 valence electrons. The van der Waals surface area contributed by atoms with E-state index in [0.29, 0.717) is 28.2 Å². The van der Waals surface area contributed by atoms with Crippen LogP contribution in [0.5, 0.6) is 11.5 Å². The van der Waals surface area contributed by atoms with Gasteiger partial charge in [0.15, 0.2) is 5.76 Å². The zero-order valence-electron chi connectivity index (χ0n) is 16.7. The summed E-state index contributed by atoms with van der Waals surface area (Å²) >= 11 is 0. The first-order chi connectivity index (χ1) is 14.5. The van der Waals surface area contributed by atoms with Crippen LogP contribution in [-0.2, 0) is 0 Å². The van der Waals surface area contributed by atoms with Crippen molar-refractivity contribution in [1.29, 1.82) is 0 Å². The van der Waals surface area contributed by atoms with Gasteiger partial charge in [-0.25, -0.2) is 4.79 Å². The van der Waals surface area contributed by atoms with Gasteiger partial charge < -0.3 is 9.47 Å². The molecule has 1 heterocycles. The standard InChI is InChI=1S/C26H20O4/c1-17-11-13-20(14-12-17)26(28)30-22-16-15-21-24(27)23(29-25(21)18(22)2)10-6-9-19-7-4-3-5-8-19/h3-16H,1-2H3/b9-6+,23-10-. The van der Waals surface area contributed by atoms with Crippen LogP contribution in [0.4, 0.5) is 0 Å². The average Bonchev–Trinajstić information content (AvgIpc) is 3.08. The number of ether oxygens (including phenoxy) is 2. The van der Waals surface area contributed by atoms with Crippen LogP contribution in [0.2, 0.25) is 0 Å². The molecule has 4 heteroatoms. The van der Waals surface area contributed by atoms with Gasteiger partial charge in [-0.1, -0.05) is 60.2 Å². The van der Waals surface area contributed by atoms with E-state index in [0.717, 1.165) is 11.1 Å². The van der Waals surface area contributed by atoms with Crippen molar-refractivity contribution in [1.82, 2.24) is 0 Å². The Morgan fingerprint density at radius 1 is 0.933 bits per heavy atom. The summed E-state index contributed by atoms with van der Waals surface area (Å²) in [6.45, 7) is 3.72. The van der Waals surface area contributed by atoms with Gasteiger partial charge in [0.1, 0.15) is 11.5 Å². The van der Waals surface area contributed by atoms with Crippen molar-refractivity contribution in [2.45, 2.75) is 13.8 Å². The van der Waals surface area contributed by atoms with Crippen molar-refractivity contribution in [2.75, 3.05) is 0 Å². The number of Topliss-reactive ketones (excluding diaryl/α,β-unsaturated/α-hetero) is 1. The molecule has 4 rings (SSSR count). The maximum atomic E-state index is 12.6. The largest absolute Gasteiger partial charge is 0.452 e. The first kappa shape index (κ1) is 19.4. The third-order valence-electron chi connectivity index (χ3n) is 4.86. The summed E-state index contributed by atoms with van der Waals surface area (Å²) < 4.78 is 11.3. The zero-order chi connectivity index (χ0) is 21.1. The van der Waals surface area contributed by atoms with Crippen molar-refractivity contribution in [3.05, 3.63) is 112 Å². The summed E-state index contributed by atoms with van der Waals surface area (Å²) in [5.41, 5.74) is 3.62. The van der Waals surface area contributed by atoms with Gasteiger partial charge >= 0.3 is 5.97 Å². The monoisotopic (exact) mass is 396 g/mol. The first-order valence-electron chi connectivity index (χ1n) is 9.61. The van der Waals surface area contributed by atoms with E-state index < -0.39 is 5.97 Å². The number of carbonyl (C=O) groups excluding carboxylic acids is 2. The number of benzene rings is 3. The highest BCUT2D eigenvalue weighted by atomic mass is 16.5. The molecule has 30 heavy (non-hydrogen) atoms. The van der Waals surface area contributed by atoms with Crippen LogP contribution >= 0.6 is 0 Å². The Bertz CT molecular complexity index is 1170. The molecule has 0 spiro atoms. The molecule has 1 aliphatic rings. The minimum absolute atomic E-state index is 0.192. The Morgan fingerprint density at radius 3 is 2.40 bits per heavy atom. The van der Waals surface area contributed by atoms with Crippen LogP contribution in [0, 0.1) is 13.8 Å². The molecule has 0 radical (unpaired) electrons. The molecule has 3 aromatic carbocycles. The number of allylic oxidation sites excluding steroid dienone is 3. The molecule has 0 aliphatic carbocycles. The van der Waals surface area contributed by atoms with Crippen LogP contribution in [0.1, 0.15) is 37.4 Å². The van der Waals surface area contributed by atoms with Gasteiger partial charge in [0.25, 0.3) is 0 Å². The zero-order valence-corrected chi connectivity index (χ0v) is 16.7. The molecule has 0 N–H and O–H groups in total. The first-order valence-corrected chi connectivity index (χ1v) is 9.61. The second-order valence-corrected chi connectivity index (χ2v) is 7.05. The van der Waals surface area contributed by atoms with E-state index in [1.165, 1.54) is 0 Å². The van der Waals surface area contributed by atoms with E-state index in [9.17, 15) is 9.59 Å². The molecule has 4 nitrogen and oxygen atoms in total. The number of hydrogen-bond acceptors (Lipinski definition) is 4. The molecule has 0 unspecified atom stereocenters. The van der Waals surface area contributed by atoms with Gasteiger partial charge in [-0.3, -0.25) is 4.79 Å². The van der Waals surface area contributed by atoms with E-state index >= 15 is 0 Å². The summed E-state index contributed by atoms with van der Waals surface area (Å²) in [6.07, 6.45) is 5.32. The Labute approximate surface area is 175 Å². The van der Waals surface area contributed by atoms with Crippen LogP contribution in [-0.4, -0.2) is 11.8 Å². The normalized spacial score (nSPS) is 14.1. The molecule has 0 aromatic heterocycles. The molecule has 0 atom stereocenters. The SMILES string of the molecule is Cc1ccc(C(=O)Oc2ccc3c(c2C)O/C(=C\C=C\c2ccccc2)C3=O)cc1. The lowest BCUT2D eigenvalue weighted by molar-refractivity contribution is 0.0733. The minimum Gasteiger partial charge on any atom is -0.452 e. The third-order valence-corrected chi connectivity index (χ3v) is 4.86. The summed E-state index contributed by atoms with van der Waals surface area (Å²) in [7, 11) is 0. The van der Waals surface area contributed by atoms with Crippen LogP contribution in [0.3, 0.4) is 0 Å². The van der Waals surface area contributed by atoms with Crippen LogP contribution < -0.4 is 9.47 Å². The smallest absolute Gasteiger partial charge is 0.343 e. The van der Waals surface area contributed by atoms with Gasteiger partial charge in [0, 0.05) is 5.56 Å². The molecular formula is C26H20O4. The fourth-order valence-corrected chi connectivity index (χ4v) is 3.15. The lowest BCUT2D eigenvalue weighted by Gasteiger charge is -2.10. The van der Waals surface area contributed by atoms with Crippen molar-refractivity contribution < 1.29 is 19.1 Å². The topological polar surface area (TPSA) is 52.6 Å². The highest BCUT2D eigenvalue weighted by molar-refractivity contribution is 6.13. The Morgan fingerprint density at radius 2 is 1.67 bits per heavy atom. The Kier molecular flexibility index (Phi) is 5.31. The van der Waals surface area contributed by atoms with Crippen LogP contribution in [0.15, 0.2) is 84.6 Å². The highest BCUT2D eigenvalue weighted by Gasteiger charge is 2.30. The van der Waals surface area contributed by atoms with Gasteiger partial charge in [-0.2, -0.15) is 0 Å². The van der Waals surface area contributed by atoms with E-state index in [1.807, 2.05) is 55.5 Å². The number of carbonyl (C=O) groups is 2. The number of ketones is 1. The maximum absolute atomic E-state index is 12.6. The maximum Gasteiger partial charge on any atom is 0.343 e. The lowest BCUT2D eigenvalue weighted by atomic mass is 10.1. The van der Waals surface area contributed by atoms with Crippen molar-refractivity contribution in [3.8, 4) is 11.5 Å². The summed E-state index contributed by atoms with van der Waals surface area (Å²) in [4.78, 5) is 25.1. The molecule has 0 bridgehead atoms. The van der Waals surface area contributed by atoms with Gasteiger partial charge in [-0.05, 0) is 49.8 Å². The lowest BCUT2D eigenvalue weighted by Crippen LogP contribution is -2.09. The van der Waals surface area contributed by atoms with Gasteiger partial charge in [0.2, 0.25) is 5.78 Å². The predicted molar refractivity (Wildman–Crippen MR) is 116 cm³/mol. The summed E-state index contributed by atoms with van der Waals surface area (Å²) in [5, 5.41) is 0. The van der Waals surface area contributed by atoms with E-state index in [2.05, 4.69) is 0 Å². The molecule has 3 aromatic rings. The Hall–Kier alpha value is -3.92. The molecule has 0 saturated heterocycles. The highest BCUT2D eigenvalue weighted by Crippen LogP contribution is 2.39. The van der Waals surface area contributed by atoms with Gasteiger partial charge in [0.05, 0.1) is 11.1 Å². The number of fused-ring (bicyclic) bond motifs is 1. The number of hydrogen-bond donors (Lipinski definition) is 0. The molecule has 1 aliphatic heterocycles. The summed E-state index contributed by atoms with van der Waals surface area (Å²) in [6, 6.07) is 20.2. The quantitative estimate of drug-likeness (QED) is 0.323. The molecule has 0 fully saturated rings. The molecule has 0 amide bonds. The van der Waals surface area contributed by atoms with Crippen molar-refractivity contribution in [2.24, 2.45) is 0 Å². The van der Waals surface area contributed by atoms with Crippen molar-refractivity contribution >= 4 is 17.8 Å². The van der Waals surface area contributed by atoms with E-state index in [-0.39, 0.29) is 11.5 Å². The van der Waals surface area contributed by atoms with E-state index in [4.69, 9.17) is 9.47 Å². The fraction of sp³-hybridized carbons (Fsp3) is 0.0769. The molecule has 0 saturated carbocycles. The second-order valence-electron chi connectivity index (χ2n) is 7.05. The minimum atomic E-state index is -0.455. The predicted octanol–water partition coefficient (Wildman–Crippen LogP) is 5.70. The van der Waals surface area contributed by atoms with Crippen LogP contribution in [0.25, 0.3) is 6.08 Å². The number of esters is 1. The molecular weight excluding hydrogens is 376 g/mol. The van der Waals surface area contributed by atoms with E-state index in [1.54, 1.807) is 43.3 Å². The summed E-state index contributed by atoms with van der Waals surface area (Å²) in [5.74, 6) is 0.384. The van der Waals surface area contributed by atoms with Gasteiger partial charge in [-0.15, -0.1) is 0 Å². The average molecular weight is 396 g/mol. The number of rotatable bonds is 4. The number of aryl methyl sites for hydroxylation is 1. The van der Waals surface area contributed by atoms with Crippen molar-refractivity contribution in [3.63, 3.8) is 0 Å². The Balaban J connectivity index is 1.54. The fourth-order valence-electron chi connectivity index (χ4n) is 3.15.